The van der Waals surface area contributed by atoms with Crippen LogP contribution in [-0.4, -0.2) is 20.1 Å². The lowest BCUT2D eigenvalue weighted by atomic mass is 10.3. The predicted octanol–water partition coefficient (Wildman–Crippen LogP) is 1.54. The molecule has 0 N–H and O–H groups in total. The number of hydrogen-bond donors (Lipinski definition) is 0. The van der Waals surface area contributed by atoms with E-state index in [1.807, 2.05) is 6.92 Å². The first-order valence-corrected chi connectivity index (χ1v) is 3.34. The number of esters is 1. The van der Waals surface area contributed by atoms with Crippen molar-refractivity contribution in [2.75, 3.05) is 14.2 Å². The van der Waals surface area contributed by atoms with Gasteiger partial charge in [-0.05, 0) is 12.5 Å². The predicted molar refractivity (Wildman–Crippen MR) is 41.2 cm³/mol. The molecule has 11 heavy (non-hydrogen) atoms. The number of carbonyl (C=O) groups excluding carboxylic acids is 1. The molecule has 0 aliphatic carbocycles. The number of ether oxygens (including phenoxy) is 1. The van der Waals surface area contributed by atoms with Gasteiger partial charge in [-0.2, -0.15) is 5.11 Å². The molecule has 0 radical (unpaired) electrons. The summed E-state index contributed by atoms with van der Waals surface area (Å²) in [5.74, 6) is -0.447. The Morgan fingerprint density at radius 1 is 1.64 bits per heavy atom. The minimum Gasteiger partial charge on any atom is -0.464 e. The van der Waals surface area contributed by atoms with E-state index in [0.717, 1.165) is 6.42 Å². The topological polar surface area (TPSA) is 51.0 Å². The van der Waals surface area contributed by atoms with Crippen LogP contribution in [0.2, 0.25) is 0 Å². The van der Waals surface area contributed by atoms with Crippen LogP contribution in [0.15, 0.2) is 22.0 Å². The van der Waals surface area contributed by atoms with E-state index in [9.17, 15) is 4.79 Å². The molecule has 0 aromatic heterocycles. The molecule has 0 saturated carbocycles. The average molecular weight is 156 g/mol. The normalized spacial score (nSPS) is 12.1. The summed E-state index contributed by atoms with van der Waals surface area (Å²) >= 11 is 0. The Hall–Kier alpha value is -1.19. The van der Waals surface area contributed by atoms with Crippen LogP contribution in [0.1, 0.15) is 13.3 Å². The van der Waals surface area contributed by atoms with Crippen molar-refractivity contribution in [3.8, 4) is 0 Å². The van der Waals surface area contributed by atoms with E-state index in [4.69, 9.17) is 0 Å². The van der Waals surface area contributed by atoms with E-state index in [1.165, 1.54) is 14.2 Å². The fourth-order valence-electron chi connectivity index (χ4n) is 0.571. The molecular weight excluding hydrogens is 144 g/mol. The third-order valence-corrected chi connectivity index (χ3v) is 1.000. The first-order valence-electron chi connectivity index (χ1n) is 3.34. The van der Waals surface area contributed by atoms with Gasteiger partial charge < -0.3 is 4.74 Å². The van der Waals surface area contributed by atoms with E-state index in [-0.39, 0.29) is 5.70 Å². The van der Waals surface area contributed by atoms with Crippen molar-refractivity contribution >= 4 is 5.97 Å². The van der Waals surface area contributed by atoms with Crippen molar-refractivity contribution in [1.82, 2.24) is 0 Å². The van der Waals surface area contributed by atoms with E-state index < -0.39 is 5.97 Å². The molecule has 0 saturated heterocycles. The lowest BCUT2D eigenvalue weighted by molar-refractivity contribution is -0.136. The van der Waals surface area contributed by atoms with Gasteiger partial charge in [0, 0.05) is 7.05 Å². The van der Waals surface area contributed by atoms with Gasteiger partial charge in [-0.1, -0.05) is 6.92 Å². The summed E-state index contributed by atoms with van der Waals surface area (Å²) in [4.78, 5) is 10.8. The standard InChI is InChI=1S/C7H12N2O2/c1-4-5-6(9-8-2)7(10)11-3/h5H,4H2,1-3H3/b6-5-,9-8?. The largest absolute Gasteiger partial charge is 0.464 e. The number of methoxy groups -OCH3 is 1. The van der Waals surface area contributed by atoms with Crippen LogP contribution in [0.5, 0.6) is 0 Å². The minimum atomic E-state index is -0.447. The minimum absolute atomic E-state index is 0.262. The quantitative estimate of drug-likeness (QED) is 0.353. The van der Waals surface area contributed by atoms with Gasteiger partial charge in [0.05, 0.1) is 7.11 Å². The number of rotatable bonds is 3. The molecule has 0 unspecified atom stereocenters. The van der Waals surface area contributed by atoms with E-state index >= 15 is 0 Å². The molecular formula is C7H12N2O2. The van der Waals surface area contributed by atoms with Gasteiger partial charge in [0.25, 0.3) is 0 Å². The highest BCUT2D eigenvalue weighted by Gasteiger charge is 2.05. The first kappa shape index (κ1) is 9.81. The fourth-order valence-corrected chi connectivity index (χ4v) is 0.571. The molecule has 0 heterocycles. The smallest absolute Gasteiger partial charge is 0.358 e. The lowest BCUT2D eigenvalue weighted by Crippen LogP contribution is -2.01. The van der Waals surface area contributed by atoms with Gasteiger partial charge in [0.2, 0.25) is 0 Å². The fraction of sp³-hybridized carbons (Fsp3) is 0.571. The number of azo groups is 1. The Kier molecular flexibility index (Phi) is 4.98. The highest BCUT2D eigenvalue weighted by atomic mass is 16.5. The molecule has 0 aromatic carbocycles. The van der Waals surface area contributed by atoms with Gasteiger partial charge in [-0.15, -0.1) is 5.11 Å². The van der Waals surface area contributed by atoms with Crippen LogP contribution in [-0.2, 0) is 9.53 Å². The van der Waals surface area contributed by atoms with Gasteiger partial charge in [0.15, 0.2) is 5.70 Å². The lowest BCUT2D eigenvalue weighted by Gasteiger charge is -1.95. The summed E-state index contributed by atoms with van der Waals surface area (Å²) < 4.78 is 4.46. The second-order valence-corrected chi connectivity index (χ2v) is 1.79. The Morgan fingerprint density at radius 3 is 2.64 bits per heavy atom. The molecule has 0 fully saturated rings. The summed E-state index contributed by atoms with van der Waals surface area (Å²) in [5.41, 5.74) is 0.262. The number of nitrogens with zero attached hydrogens (tertiary/aromatic N) is 2. The SMILES string of the molecule is CC/C=C(\N=NC)C(=O)OC. The first-order chi connectivity index (χ1) is 5.26. The summed E-state index contributed by atoms with van der Waals surface area (Å²) in [6.45, 7) is 1.91. The Morgan fingerprint density at radius 2 is 2.27 bits per heavy atom. The molecule has 0 bridgehead atoms. The van der Waals surface area contributed by atoms with Crippen LogP contribution in [0.4, 0.5) is 0 Å². The Balaban J connectivity index is 4.34. The highest BCUT2D eigenvalue weighted by Crippen LogP contribution is 2.01. The zero-order valence-corrected chi connectivity index (χ0v) is 7.00. The molecule has 0 atom stereocenters. The van der Waals surface area contributed by atoms with Gasteiger partial charge in [-0.3, -0.25) is 0 Å². The molecule has 0 spiro atoms. The second kappa shape index (κ2) is 5.58. The average Bonchev–Trinajstić information content (AvgIpc) is 2.03. The van der Waals surface area contributed by atoms with Crippen LogP contribution >= 0.6 is 0 Å². The maximum atomic E-state index is 10.8. The summed E-state index contributed by atoms with van der Waals surface area (Å²) in [6.07, 6.45) is 2.41. The van der Waals surface area contributed by atoms with Crippen molar-refractivity contribution in [3.05, 3.63) is 11.8 Å². The summed E-state index contributed by atoms with van der Waals surface area (Å²) in [6, 6.07) is 0. The zero-order valence-electron chi connectivity index (χ0n) is 7.00. The van der Waals surface area contributed by atoms with Crippen LogP contribution in [0.3, 0.4) is 0 Å². The molecule has 0 aromatic rings. The maximum absolute atomic E-state index is 10.8. The van der Waals surface area contributed by atoms with E-state index in [0.29, 0.717) is 0 Å². The number of allylic oxidation sites excluding steroid dienone is 1. The molecule has 0 rings (SSSR count). The van der Waals surface area contributed by atoms with Crippen molar-refractivity contribution in [3.63, 3.8) is 0 Å². The van der Waals surface area contributed by atoms with Gasteiger partial charge in [0.1, 0.15) is 0 Å². The van der Waals surface area contributed by atoms with Gasteiger partial charge in [-0.25, -0.2) is 4.79 Å². The van der Waals surface area contributed by atoms with Gasteiger partial charge >= 0.3 is 5.97 Å². The molecule has 0 aliphatic rings. The van der Waals surface area contributed by atoms with E-state index in [2.05, 4.69) is 15.0 Å². The molecule has 0 amide bonds. The second-order valence-electron chi connectivity index (χ2n) is 1.79. The molecule has 4 heteroatoms. The Labute approximate surface area is 66.0 Å². The zero-order chi connectivity index (χ0) is 8.69. The summed E-state index contributed by atoms with van der Waals surface area (Å²) in [7, 11) is 2.82. The third-order valence-electron chi connectivity index (χ3n) is 1.000. The van der Waals surface area contributed by atoms with Crippen molar-refractivity contribution in [2.24, 2.45) is 10.2 Å². The van der Waals surface area contributed by atoms with Crippen molar-refractivity contribution in [2.45, 2.75) is 13.3 Å². The maximum Gasteiger partial charge on any atom is 0.358 e. The molecule has 62 valence electrons. The van der Waals surface area contributed by atoms with Crippen molar-refractivity contribution in [1.29, 1.82) is 0 Å². The van der Waals surface area contributed by atoms with Crippen LogP contribution in [0.25, 0.3) is 0 Å². The van der Waals surface area contributed by atoms with E-state index in [1.54, 1.807) is 6.08 Å². The molecule has 0 aliphatic heterocycles. The monoisotopic (exact) mass is 156 g/mol. The summed E-state index contributed by atoms with van der Waals surface area (Å²) in [5, 5.41) is 7.08. The molecule has 4 nitrogen and oxygen atoms in total. The highest BCUT2D eigenvalue weighted by molar-refractivity contribution is 5.87. The third kappa shape index (κ3) is 3.50. The Bertz CT molecular complexity index is 185. The van der Waals surface area contributed by atoms with Crippen molar-refractivity contribution < 1.29 is 9.53 Å². The van der Waals surface area contributed by atoms with Crippen LogP contribution < -0.4 is 0 Å². The number of carbonyl (C=O) groups is 1. The number of hydrogen-bond acceptors (Lipinski definition) is 4. The van der Waals surface area contributed by atoms with Crippen LogP contribution in [0, 0.1) is 0 Å².